The minimum Gasteiger partial charge on any atom is -0.383 e. The Kier molecular flexibility index (Phi) is 3.93. The average molecular weight is 394 g/mol. The molecule has 3 rings (SSSR count). The highest BCUT2D eigenvalue weighted by atomic mass is 79.9. The summed E-state index contributed by atoms with van der Waals surface area (Å²) in [5.41, 5.74) is 1.13. The molecule has 0 spiro atoms. The van der Waals surface area contributed by atoms with Gasteiger partial charge in [-0.15, -0.1) is 0 Å². The first-order chi connectivity index (χ1) is 8.63. The highest BCUT2D eigenvalue weighted by Gasteiger charge is 2.39. The lowest BCUT2D eigenvalue weighted by Crippen LogP contribution is -2.20. The highest BCUT2D eigenvalue weighted by molar-refractivity contribution is 9.11. The van der Waals surface area contributed by atoms with Crippen LogP contribution < -0.4 is 5.32 Å². The van der Waals surface area contributed by atoms with E-state index in [9.17, 15) is 0 Å². The third-order valence-corrected chi connectivity index (χ3v) is 5.90. The van der Waals surface area contributed by atoms with Gasteiger partial charge in [0.25, 0.3) is 0 Å². The largest absolute Gasteiger partial charge is 0.383 e. The molecule has 2 fully saturated rings. The third kappa shape index (κ3) is 2.59. The zero-order chi connectivity index (χ0) is 12.7. The van der Waals surface area contributed by atoms with Crippen LogP contribution in [0.2, 0.25) is 5.02 Å². The van der Waals surface area contributed by atoms with Gasteiger partial charge in [0.05, 0.1) is 5.69 Å². The van der Waals surface area contributed by atoms with Gasteiger partial charge in [-0.2, -0.15) is 0 Å². The van der Waals surface area contributed by atoms with E-state index in [4.69, 9.17) is 11.6 Å². The summed E-state index contributed by atoms with van der Waals surface area (Å²) in [6, 6.07) is 3.88. The quantitative estimate of drug-likeness (QED) is 0.693. The smallest absolute Gasteiger partial charge is 0.0630 e. The molecule has 0 amide bonds. The minimum absolute atomic E-state index is 0.749. The van der Waals surface area contributed by atoms with E-state index in [1.54, 1.807) is 0 Å². The van der Waals surface area contributed by atoms with Gasteiger partial charge in [0.2, 0.25) is 0 Å². The second-order valence-corrected chi connectivity index (χ2v) is 7.71. The summed E-state index contributed by atoms with van der Waals surface area (Å²) in [7, 11) is 0. The van der Waals surface area contributed by atoms with E-state index in [0.717, 1.165) is 44.0 Å². The fraction of sp³-hybridized carbons (Fsp3) is 0.571. The first kappa shape index (κ1) is 13.3. The SMILES string of the molecule is Clc1cc(Br)c(NCC2CC3CCC2C3)c(Br)c1. The van der Waals surface area contributed by atoms with Crippen molar-refractivity contribution in [2.24, 2.45) is 17.8 Å². The molecule has 0 aromatic heterocycles. The van der Waals surface area contributed by atoms with Crippen molar-refractivity contribution in [2.75, 3.05) is 11.9 Å². The molecule has 2 saturated carbocycles. The Hall–Kier alpha value is 0.270. The molecule has 4 heteroatoms. The Morgan fingerprint density at radius 1 is 1.17 bits per heavy atom. The first-order valence-corrected chi connectivity index (χ1v) is 8.48. The maximum atomic E-state index is 6.01. The van der Waals surface area contributed by atoms with E-state index in [1.165, 1.54) is 25.7 Å². The molecule has 98 valence electrons. The van der Waals surface area contributed by atoms with Gasteiger partial charge in [-0.05, 0) is 81.0 Å². The molecule has 3 atom stereocenters. The van der Waals surface area contributed by atoms with Crippen molar-refractivity contribution < 1.29 is 0 Å². The van der Waals surface area contributed by atoms with E-state index in [-0.39, 0.29) is 0 Å². The molecule has 2 aliphatic rings. The number of fused-ring (bicyclic) bond motifs is 2. The summed E-state index contributed by atoms with van der Waals surface area (Å²) in [6.45, 7) is 1.08. The molecule has 1 aromatic rings. The van der Waals surface area contributed by atoms with Crippen LogP contribution in [0, 0.1) is 17.8 Å². The number of halogens is 3. The molecule has 0 aliphatic heterocycles. The van der Waals surface area contributed by atoms with Crippen LogP contribution in [-0.2, 0) is 0 Å². The molecule has 1 aromatic carbocycles. The van der Waals surface area contributed by atoms with Crippen molar-refractivity contribution >= 4 is 49.1 Å². The number of nitrogens with one attached hydrogen (secondary N) is 1. The molecule has 2 bridgehead atoms. The molecular weight excluding hydrogens is 377 g/mol. The number of anilines is 1. The lowest BCUT2D eigenvalue weighted by molar-refractivity contribution is 0.348. The fourth-order valence-electron chi connectivity index (χ4n) is 3.57. The van der Waals surface area contributed by atoms with Gasteiger partial charge in [-0.3, -0.25) is 0 Å². The zero-order valence-corrected chi connectivity index (χ0v) is 14.0. The van der Waals surface area contributed by atoms with Gasteiger partial charge in [-0.25, -0.2) is 0 Å². The van der Waals surface area contributed by atoms with Crippen molar-refractivity contribution in [2.45, 2.75) is 25.7 Å². The molecule has 3 unspecified atom stereocenters. The Balaban J connectivity index is 1.67. The van der Waals surface area contributed by atoms with Crippen molar-refractivity contribution in [1.29, 1.82) is 0 Å². The summed E-state index contributed by atoms with van der Waals surface area (Å²) in [6.07, 6.45) is 5.80. The van der Waals surface area contributed by atoms with Crippen LogP contribution in [0.4, 0.5) is 5.69 Å². The van der Waals surface area contributed by atoms with Crippen LogP contribution in [0.15, 0.2) is 21.1 Å². The van der Waals surface area contributed by atoms with Crippen molar-refractivity contribution in [1.82, 2.24) is 0 Å². The average Bonchev–Trinajstić information content (AvgIpc) is 2.89. The highest BCUT2D eigenvalue weighted by Crippen LogP contribution is 2.48. The van der Waals surface area contributed by atoms with Crippen LogP contribution in [0.25, 0.3) is 0 Å². The molecule has 2 aliphatic carbocycles. The van der Waals surface area contributed by atoms with Crippen LogP contribution in [0.3, 0.4) is 0 Å². The zero-order valence-electron chi connectivity index (χ0n) is 10.1. The molecule has 0 radical (unpaired) electrons. The van der Waals surface area contributed by atoms with E-state index in [2.05, 4.69) is 37.2 Å². The molecule has 18 heavy (non-hydrogen) atoms. The summed E-state index contributed by atoms with van der Waals surface area (Å²) >= 11 is 13.2. The van der Waals surface area contributed by atoms with Crippen molar-refractivity contribution in [3.05, 3.63) is 26.1 Å². The third-order valence-electron chi connectivity index (χ3n) is 4.43. The second kappa shape index (κ2) is 5.34. The predicted octanol–water partition coefficient (Wildman–Crippen LogP) is 5.71. The number of hydrogen-bond donors (Lipinski definition) is 1. The van der Waals surface area contributed by atoms with Gasteiger partial charge in [0, 0.05) is 20.5 Å². The van der Waals surface area contributed by atoms with E-state index >= 15 is 0 Å². The Morgan fingerprint density at radius 2 is 1.89 bits per heavy atom. The summed E-state index contributed by atoms with van der Waals surface area (Å²) < 4.78 is 2.06. The minimum atomic E-state index is 0.749. The number of rotatable bonds is 3. The lowest BCUT2D eigenvalue weighted by atomic mass is 9.89. The van der Waals surface area contributed by atoms with Crippen LogP contribution in [-0.4, -0.2) is 6.54 Å². The Labute approximate surface area is 130 Å². The molecular formula is C14H16Br2ClN. The normalized spacial score (nSPS) is 29.8. The van der Waals surface area contributed by atoms with Crippen LogP contribution >= 0.6 is 43.5 Å². The molecule has 0 saturated heterocycles. The second-order valence-electron chi connectivity index (χ2n) is 5.56. The van der Waals surface area contributed by atoms with E-state index in [1.807, 2.05) is 12.1 Å². The first-order valence-electron chi connectivity index (χ1n) is 6.52. The van der Waals surface area contributed by atoms with Crippen molar-refractivity contribution in [3.63, 3.8) is 0 Å². The molecule has 1 nitrogen and oxygen atoms in total. The number of benzene rings is 1. The van der Waals surface area contributed by atoms with Gasteiger partial charge in [-0.1, -0.05) is 18.0 Å². The van der Waals surface area contributed by atoms with Crippen LogP contribution in [0.1, 0.15) is 25.7 Å². The van der Waals surface area contributed by atoms with Gasteiger partial charge in [0.15, 0.2) is 0 Å². The summed E-state index contributed by atoms with van der Waals surface area (Å²) in [5.74, 6) is 2.84. The molecule has 1 N–H and O–H groups in total. The maximum Gasteiger partial charge on any atom is 0.0630 e. The van der Waals surface area contributed by atoms with Gasteiger partial charge >= 0.3 is 0 Å². The lowest BCUT2D eigenvalue weighted by Gasteiger charge is -2.23. The monoisotopic (exact) mass is 391 g/mol. The molecule has 0 heterocycles. The number of hydrogen-bond acceptors (Lipinski definition) is 1. The summed E-state index contributed by atoms with van der Waals surface area (Å²) in [5, 5.41) is 4.33. The fourth-order valence-corrected chi connectivity index (χ4v) is 5.52. The Morgan fingerprint density at radius 3 is 2.44 bits per heavy atom. The summed E-state index contributed by atoms with van der Waals surface area (Å²) in [4.78, 5) is 0. The van der Waals surface area contributed by atoms with Crippen molar-refractivity contribution in [3.8, 4) is 0 Å². The van der Waals surface area contributed by atoms with Gasteiger partial charge < -0.3 is 5.32 Å². The van der Waals surface area contributed by atoms with E-state index < -0.39 is 0 Å². The van der Waals surface area contributed by atoms with Gasteiger partial charge in [0.1, 0.15) is 0 Å². The van der Waals surface area contributed by atoms with Crippen LogP contribution in [0.5, 0.6) is 0 Å². The standard InChI is InChI=1S/C14H16Br2ClN/c15-12-5-11(17)6-13(16)14(12)18-7-10-4-8-1-2-9(10)3-8/h5-6,8-10,18H,1-4,7H2. The topological polar surface area (TPSA) is 12.0 Å². The predicted molar refractivity (Wildman–Crippen MR) is 84.3 cm³/mol. The van der Waals surface area contributed by atoms with E-state index in [0.29, 0.717) is 0 Å². The Bertz CT molecular complexity index is 440. The maximum absolute atomic E-state index is 6.01.